The SMILES string of the molecule is COC(=O)CC1CNC(=O)c2cc(Cl)ccc2S1. The molecule has 1 atom stereocenters. The number of hydrogen-bond acceptors (Lipinski definition) is 4. The Morgan fingerprint density at radius 1 is 1.61 bits per heavy atom. The first-order chi connectivity index (χ1) is 8.60. The van der Waals surface area contributed by atoms with Gasteiger partial charge in [-0.2, -0.15) is 0 Å². The Labute approximate surface area is 114 Å². The molecule has 1 aliphatic rings. The van der Waals surface area contributed by atoms with Gasteiger partial charge in [-0.05, 0) is 18.2 Å². The average molecular weight is 286 g/mol. The summed E-state index contributed by atoms with van der Waals surface area (Å²) in [5, 5.41) is 3.28. The van der Waals surface area contributed by atoms with Crippen molar-refractivity contribution in [2.45, 2.75) is 16.6 Å². The molecule has 6 heteroatoms. The summed E-state index contributed by atoms with van der Waals surface area (Å²) in [6, 6.07) is 5.18. The third-order valence-corrected chi connectivity index (χ3v) is 4.10. The van der Waals surface area contributed by atoms with E-state index in [0.29, 0.717) is 17.1 Å². The minimum absolute atomic E-state index is 0.0242. The third-order valence-electron chi connectivity index (χ3n) is 2.59. The normalized spacial score (nSPS) is 18.6. The van der Waals surface area contributed by atoms with Crippen molar-refractivity contribution in [3.63, 3.8) is 0 Å². The van der Waals surface area contributed by atoms with E-state index in [1.807, 2.05) is 0 Å². The van der Waals surface area contributed by atoms with Crippen LogP contribution in [0.1, 0.15) is 16.8 Å². The van der Waals surface area contributed by atoms with Crippen molar-refractivity contribution in [1.82, 2.24) is 5.32 Å². The molecule has 0 fully saturated rings. The topological polar surface area (TPSA) is 55.4 Å². The van der Waals surface area contributed by atoms with Gasteiger partial charge in [-0.25, -0.2) is 0 Å². The van der Waals surface area contributed by atoms with E-state index < -0.39 is 0 Å². The number of hydrogen-bond donors (Lipinski definition) is 1. The quantitative estimate of drug-likeness (QED) is 0.846. The van der Waals surface area contributed by atoms with Gasteiger partial charge in [-0.1, -0.05) is 11.6 Å². The lowest BCUT2D eigenvalue weighted by Gasteiger charge is -2.12. The molecule has 1 aromatic carbocycles. The van der Waals surface area contributed by atoms with Crippen LogP contribution in [0.15, 0.2) is 23.1 Å². The van der Waals surface area contributed by atoms with Crippen LogP contribution in [0, 0.1) is 0 Å². The summed E-state index contributed by atoms with van der Waals surface area (Å²) < 4.78 is 4.64. The summed E-state index contributed by atoms with van der Waals surface area (Å²) in [7, 11) is 1.36. The van der Waals surface area contributed by atoms with Crippen molar-refractivity contribution < 1.29 is 14.3 Å². The summed E-state index contributed by atoms with van der Waals surface area (Å²) in [6.45, 7) is 0.435. The molecular formula is C12H12ClNO3S. The molecule has 1 amide bonds. The number of amides is 1. The summed E-state index contributed by atoms with van der Waals surface area (Å²) in [5.41, 5.74) is 0.555. The maximum atomic E-state index is 11.9. The van der Waals surface area contributed by atoms with Crippen molar-refractivity contribution in [3.05, 3.63) is 28.8 Å². The van der Waals surface area contributed by atoms with Crippen LogP contribution in [0.5, 0.6) is 0 Å². The minimum atomic E-state index is -0.279. The zero-order valence-corrected chi connectivity index (χ0v) is 11.3. The molecule has 0 spiro atoms. The highest BCUT2D eigenvalue weighted by Gasteiger charge is 2.24. The number of rotatable bonds is 2. The Kier molecular flexibility index (Phi) is 4.14. The summed E-state index contributed by atoms with van der Waals surface area (Å²) in [6.07, 6.45) is 0.267. The van der Waals surface area contributed by atoms with E-state index in [1.165, 1.54) is 18.9 Å². The van der Waals surface area contributed by atoms with E-state index in [-0.39, 0.29) is 23.5 Å². The lowest BCUT2D eigenvalue weighted by atomic mass is 10.2. The Bertz CT molecular complexity index is 492. The van der Waals surface area contributed by atoms with Gasteiger partial charge in [0.25, 0.3) is 5.91 Å². The van der Waals surface area contributed by atoms with Gasteiger partial charge >= 0.3 is 5.97 Å². The number of halogens is 1. The molecule has 18 heavy (non-hydrogen) atoms. The first kappa shape index (κ1) is 13.2. The number of fused-ring (bicyclic) bond motifs is 1. The highest BCUT2D eigenvalue weighted by atomic mass is 35.5. The molecule has 0 aliphatic carbocycles. The number of carbonyl (C=O) groups excluding carboxylic acids is 2. The van der Waals surface area contributed by atoms with Gasteiger partial charge in [0.05, 0.1) is 19.1 Å². The molecule has 0 saturated heterocycles. The fraction of sp³-hybridized carbons (Fsp3) is 0.333. The largest absolute Gasteiger partial charge is 0.469 e. The second-order valence-corrected chi connectivity index (χ2v) is 5.65. The third kappa shape index (κ3) is 2.97. The summed E-state index contributed by atoms with van der Waals surface area (Å²) in [4.78, 5) is 24.0. The van der Waals surface area contributed by atoms with Crippen molar-refractivity contribution >= 4 is 35.2 Å². The van der Waals surface area contributed by atoms with Gasteiger partial charge < -0.3 is 10.1 Å². The standard InChI is InChI=1S/C12H12ClNO3S/c1-17-11(15)5-8-6-14-12(16)9-4-7(13)2-3-10(9)18-8/h2-4,8H,5-6H2,1H3,(H,14,16). The van der Waals surface area contributed by atoms with Crippen molar-refractivity contribution in [3.8, 4) is 0 Å². The lowest BCUT2D eigenvalue weighted by Crippen LogP contribution is -2.29. The first-order valence-corrected chi connectivity index (χ1v) is 6.67. The van der Waals surface area contributed by atoms with Crippen LogP contribution < -0.4 is 5.32 Å². The van der Waals surface area contributed by atoms with Crippen molar-refractivity contribution in [2.75, 3.05) is 13.7 Å². The zero-order valence-electron chi connectivity index (χ0n) is 9.73. The Hall–Kier alpha value is -1.20. The molecule has 1 unspecified atom stereocenters. The maximum Gasteiger partial charge on any atom is 0.306 e. The van der Waals surface area contributed by atoms with Gasteiger partial charge in [-0.3, -0.25) is 9.59 Å². The second-order valence-electron chi connectivity index (χ2n) is 3.87. The molecule has 0 radical (unpaired) electrons. The van der Waals surface area contributed by atoms with E-state index in [1.54, 1.807) is 18.2 Å². The number of esters is 1. The van der Waals surface area contributed by atoms with Crippen LogP contribution in [-0.4, -0.2) is 30.8 Å². The molecule has 0 bridgehead atoms. The Morgan fingerprint density at radius 2 is 2.39 bits per heavy atom. The molecular weight excluding hydrogens is 274 g/mol. The fourth-order valence-corrected chi connectivity index (χ4v) is 3.03. The summed E-state index contributed by atoms with van der Waals surface area (Å²) >= 11 is 7.37. The highest BCUT2D eigenvalue weighted by molar-refractivity contribution is 8.00. The highest BCUT2D eigenvalue weighted by Crippen LogP contribution is 2.32. The van der Waals surface area contributed by atoms with Crippen LogP contribution in [-0.2, 0) is 9.53 Å². The van der Waals surface area contributed by atoms with Crippen LogP contribution in [0.4, 0.5) is 0 Å². The predicted molar refractivity (Wildman–Crippen MR) is 70.1 cm³/mol. The number of methoxy groups -OCH3 is 1. The number of thioether (sulfide) groups is 1. The monoisotopic (exact) mass is 285 g/mol. The first-order valence-electron chi connectivity index (χ1n) is 5.41. The number of carbonyl (C=O) groups is 2. The minimum Gasteiger partial charge on any atom is -0.469 e. The second kappa shape index (κ2) is 5.63. The Balaban J connectivity index is 2.22. The molecule has 0 saturated carbocycles. The molecule has 2 rings (SSSR count). The molecule has 0 aromatic heterocycles. The van der Waals surface area contributed by atoms with E-state index >= 15 is 0 Å². The van der Waals surface area contributed by atoms with Crippen LogP contribution in [0.25, 0.3) is 0 Å². The zero-order chi connectivity index (χ0) is 13.1. The fourth-order valence-electron chi connectivity index (χ4n) is 1.69. The smallest absolute Gasteiger partial charge is 0.306 e. The number of ether oxygens (including phenoxy) is 1. The molecule has 1 N–H and O–H groups in total. The van der Waals surface area contributed by atoms with Gasteiger partial charge in [-0.15, -0.1) is 11.8 Å². The lowest BCUT2D eigenvalue weighted by molar-refractivity contribution is -0.140. The Morgan fingerprint density at radius 3 is 3.11 bits per heavy atom. The van der Waals surface area contributed by atoms with Crippen molar-refractivity contribution in [1.29, 1.82) is 0 Å². The van der Waals surface area contributed by atoms with E-state index in [9.17, 15) is 9.59 Å². The van der Waals surface area contributed by atoms with Crippen LogP contribution >= 0.6 is 23.4 Å². The van der Waals surface area contributed by atoms with Crippen molar-refractivity contribution in [2.24, 2.45) is 0 Å². The van der Waals surface area contributed by atoms with Gasteiger partial charge in [0.1, 0.15) is 0 Å². The number of nitrogens with one attached hydrogen (secondary N) is 1. The molecule has 1 heterocycles. The van der Waals surface area contributed by atoms with E-state index in [2.05, 4.69) is 10.1 Å². The molecule has 96 valence electrons. The van der Waals surface area contributed by atoms with Gasteiger partial charge in [0.2, 0.25) is 0 Å². The number of benzene rings is 1. The summed E-state index contributed by atoms with van der Waals surface area (Å²) in [5.74, 6) is -0.438. The van der Waals surface area contributed by atoms with E-state index in [0.717, 1.165) is 4.90 Å². The van der Waals surface area contributed by atoms with E-state index in [4.69, 9.17) is 11.6 Å². The molecule has 1 aromatic rings. The maximum absolute atomic E-state index is 11.9. The van der Waals surface area contributed by atoms with Gasteiger partial charge in [0, 0.05) is 21.7 Å². The van der Waals surface area contributed by atoms with Gasteiger partial charge in [0.15, 0.2) is 0 Å². The predicted octanol–water partition coefficient (Wildman–Crippen LogP) is 2.11. The van der Waals surface area contributed by atoms with Crippen LogP contribution in [0.2, 0.25) is 5.02 Å². The average Bonchev–Trinajstić information content (AvgIpc) is 2.50. The molecule has 4 nitrogen and oxygen atoms in total. The van der Waals surface area contributed by atoms with Crippen LogP contribution in [0.3, 0.4) is 0 Å². The molecule has 1 aliphatic heterocycles.